The molecule has 1 aliphatic rings. The first kappa shape index (κ1) is 18.0. The Bertz CT molecular complexity index is 550. The van der Waals surface area contributed by atoms with E-state index in [2.05, 4.69) is 35.1 Å². The second kappa shape index (κ2) is 8.48. The van der Waals surface area contributed by atoms with Gasteiger partial charge in [0.1, 0.15) is 0 Å². The molecule has 0 atom stereocenters. The van der Waals surface area contributed by atoms with E-state index in [4.69, 9.17) is 0 Å². The lowest BCUT2D eigenvalue weighted by Gasteiger charge is -2.33. The van der Waals surface area contributed by atoms with Gasteiger partial charge >= 0.3 is 0 Å². The monoisotopic (exact) mass is 380 g/mol. The molecule has 23 heavy (non-hydrogen) atoms. The van der Waals surface area contributed by atoms with Crippen LogP contribution in [0.2, 0.25) is 0 Å². The summed E-state index contributed by atoms with van der Waals surface area (Å²) < 4.78 is 0.945. The number of carbonyl (C=O) groups excluding carboxylic acids is 2. The average Bonchev–Trinajstić information content (AvgIpc) is 2.56. The Labute approximate surface area is 146 Å². The number of benzene rings is 1. The van der Waals surface area contributed by atoms with Crippen molar-refractivity contribution in [2.24, 2.45) is 11.8 Å². The van der Waals surface area contributed by atoms with Gasteiger partial charge in [0.25, 0.3) is 0 Å². The Balaban J connectivity index is 1.86. The third-order valence-electron chi connectivity index (χ3n) is 4.60. The average molecular weight is 381 g/mol. The van der Waals surface area contributed by atoms with Gasteiger partial charge in [-0.3, -0.25) is 9.59 Å². The predicted molar refractivity (Wildman–Crippen MR) is 96.1 cm³/mol. The molecule has 2 amide bonds. The molecule has 1 aliphatic heterocycles. The van der Waals surface area contributed by atoms with Crippen molar-refractivity contribution in [2.75, 3.05) is 18.4 Å². The number of piperidine rings is 1. The van der Waals surface area contributed by atoms with Crippen LogP contribution in [0.3, 0.4) is 0 Å². The molecule has 1 aromatic rings. The zero-order chi connectivity index (χ0) is 16.8. The van der Waals surface area contributed by atoms with Crippen LogP contribution in [-0.4, -0.2) is 29.8 Å². The van der Waals surface area contributed by atoms with Gasteiger partial charge in [-0.2, -0.15) is 0 Å². The molecule has 1 heterocycles. The highest BCUT2D eigenvalue weighted by atomic mass is 79.9. The second-order valence-electron chi connectivity index (χ2n) is 6.11. The van der Waals surface area contributed by atoms with Crippen LogP contribution in [0.1, 0.15) is 39.5 Å². The normalized spacial score (nSPS) is 15.7. The molecule has 1 aromatic carbocycles. The van der Waals surface area contributed by atoms with Crippen molar-refractivity contribution in [2.45, 2.75) is 39.5 Å². The molecule has 0 bridgehead atoms. The lowest BCUT2D eigenvalue weighted by Crippen LogP contribution is -2.43. The molecule has 0 radical (unpaired) electrons. The lowest BCUT2D eigenvalue weighted by molar-refractivity contribution is -0.138. The number of nitrogens with zero attached hydrogens (tertiary/aromatic N) is 1. The number of hydrogen-bond acceptors (Lipinski definition) is 2. The SMILES string of the molecule is CCC(CC)C(=O)N1CCC(C(=O)Nc2cccc(Br)c2)CC1. The number of halogens is 1. The third kappa shape index (κ3) is 4.80. The van der Waals surface area contributed by atoms with Gasteiger partial charge in [-0.25, -0.2) is 0 Å². The molecule has 0 aromatic heterocycles. The van der Waals surface area contributed by atoms with E-state index in [-0.39, 0.29) is 23.7 Å². The van der Waals surface area contributed by atoms with Gasteiger partial charge in [0.15, 0.2) is 0 Å². The molecule has 1 fully saturated rings. The number of anilines is 1. The summed E-state index contributed by atoms with van der Waals surface area (Å²) in [5, 5.41) is 2.97. The van der Waals surface area contributed by atoms with Gasteiger partial charge in [0, 0.05) is 35.1 Å². The van der Waals surface area contributed by atoms with E-state index in [9.17, 15) is 9.59 Å². The maximum Gasteiger partial charge on any atom is 0.227 e. The summed E-state index contributed by atoms with van der Waals surface area (Å²) in [6.45, 7) is 5.49. The lowest BCUT2D eigenvalue weighted by atomic mass is 9.93. The van der Waals surface area contributed by atoms with E-state index in [0.717, 1.165) is 35.8 Å². The molecule has 0 aliphatic carbocycles. The minimum absolute atomic E-state index is 0.0141. The number of likely N-dealkylation sites (tertiary alicyclic amines) is 1. The summed E-state index contributed by atoms with van der Waals surface area (Å²) in [6, 6.07) is 7.60. The van der Waals surface area contributed by atoms with Gasteiger partial charge in [-0.15, -0.1) is 0 Å². The molecule has 1 N–H and O–H groups in total. The molecule has 4 nitrogen and oxygen atoms in total. The van der Waals surface area contributed by atoms with E-state index in [1.165, 1.54) is 0 Å². The van der Waals surface area contributed by atoms with Gasteiger partial charge in [-0.05, 0) is 43.9 Å². The van der Waals surface area contributed by atoms with Crippen molar-refractivity contribution in [3.8, 4) is 0 Å². The van der Waals surface area contributed by atoms with E-state index in [0.29, 0.717) is 13.1 Å². The first-order valence-electron chi connectivity index (χ1n) is 8.40. The summed E-state index contributed by atoms with van der Waals surface area (Å²) >= 11 is 3.40. The van der Waals surface area contributed by atoms with E-state index < -0.39 is 0 Å². The Morgan fingerprint density at radius 2 is 1.91 bits per heavy atom. The number of nitrogens with one attached hydrogen (secondary N) is 1. The Kier molecular flexibility index (Phi) is 6.63. The Morgan fingerprint density at radius 1 is 1.26 bits per heavy atom. The molecule has 2 rings (SSSR count). The largest absolute Gasteiger partial charge is 0.342 e. The summed E-state index contributed by atoms with van der Waals surface area (Å²) in [6.07, 6.45) is 3.26. The van der Waals surface area contributed by atoms with Crippen LogP contribution in [0.15, 0.2) is 28.7 Å². The highest BCUT2D eigenvalue weighted by Gasteiger charge is 2.29. The summed E-state index contributed by atoms with van der Waals surface area (Å²) in [5.74, 6) is 0.417. The topological polar surface area (TPSA) is 49.4 Å². The number of rotatable bonds is 5. The van der Waals surface area contributed by atoms with E-state index >= 15 is 0 Å². The van der Waals surface area contributed by atoms with Crippen LogP contribution in [0.4, 0.5) is 5.69 Å². The zero-order valence-corrected chi connectivity index (χ0v) is 15.4. The van der Waals surface area contributed by atoms with Crippen molar-refractivity contribution < 1.29 is 9.59 Å². The molecule has 5 heteroatoms. The number of carbonyl (C=O) groups is 2. The van der Waals surface area contributed by atoms with Gasteiger partial charge in [-0.1, -0.05) is 35.8 Å². The maximum absolute atomic E-state index is 12.4. The fourth-order valence-electron chi connectivity index (χ4n) is 3.07. The maximum atomic E-state index is 12.4. The van der Waals surface area contributed by atoms with Crippen molar-refractivity contribution >= 4 is 33.4 Å². The first-order chi connectivity index (χ1) is 11.0. The minimum atomic E-state index is -0.0141. The van der Waals surface area contributed by atoms with Crippen LogP contribution in [0.25, 0.3) is 0 Å². The van der Waals surface area contributed by atoms with Crippen LogP contribution in [0.5, 0.6) is 0 Å². The summed E-state index contributed by atoms with van der Waals surface area (Å²) in [7, 11) is 0. The number of hydrogen-bond donors (Lipinski definition) is 1. The van der Waals surface area contributed by atoms with Gasteiger partial charge < -0.3 is 10.2 Å². The quantitative estimate of drug-likeness (QED) is 0.836. The van der Waals surface area contributed by atoms with Crippen LogP contribution in [-0.2, 0) is 9.59 Å². The van der Waals surface area contributed by atoms with Crippen LogP contribution < -0.4 is 5.32 Å². The van der Waals surface area contributed by atoms with Crippen molar-refractivity contribution in [3.05, 3.63) is 28.7 Å². The predicted octanol–water partition coefficient (Wildman–Crippen LogP) is 4.06. The Morgan fingerprint density at radius 3 is 2.48 bits per heavy atom. The zero-order valence-electron chi connectivity index (χ0n) is 13.8. The smallest absolute Gasteiger partial charge is 0.227 e. The molecule has 126 valence electrons. The second-order valence-corrected chi connectivity index (χ2v) is 7.03. The Hall–Kier alpha value is -1.36. The summed E-state index contributed by atoms with van der Waals surface area (Å²) in [5.41, 5.74) is 0.805. The fourth-order valence-corrected chi connectivity index (χ4v) is 3.47. The molecule has 0 unspecified atom stereocenters. The van der Waals surface area contributed by atoms with Crippen LogP contribution >= 0.6 is 15.9 Å². The molecular formula is C18H25BrN2O2. The molecule has 0 spiro atoms. The van der Waals surface area contributed by atoms with Crippen molar-refractivity contribution in [1.29, 1.82) is 0 Å². The van der Waals surface area contributed by atoms with Gasteiger partial charge in [0.05, 0.1) is 0 Å². The first-order valence-corrected chi connectivity index (χ1v) is 9.19. The third-order valence-corrected chi connectivity index (χ3v) is 5.10. The fraction of sp³-hybridized carbons (Fsp3) is 0.556. The molecule has 1 saturated heterocycles. The van der Waals surface area contributed by atoms with E-state index in [1.54, 1.807) is 0 Å². The van der Waals surface area contributed by atoms with Crippen molar-refractivity contribution in [3.63, 3.8) is 0 Å². The highest BCUT2D eigenvalue weighted by Crippen LogP contribution is 2.23. The molecule has 0 saturated carbocycles. The molecular weight excluding hydrogens is 356 g/mol. The van der Waals surface area contributed by atoms with E-state index in [1.807, 2.05) is 29.2 Å². The highest BCUT2D eigenvalue weighted by molar-refractivity contribution is 9.10. The van der Waals surface area contributed by atoms with Crippen LogP contribution in [0, 0.1) is 11.8 Å². The standard InChI is InChI=1S/C18H25BrN2O2/c1-3-13(4-2)18(23)21-10-8-14(9-11-21)17(22)20-16-7-5-6-15(19)12-16/h5-7,12-14H,3-4,8-11H2,1-2H3,(H,20,22). The van der Waals surface area contributed by atoms with Gasteiger partial charge in [0.2, 0.25) is 11.8 Å². The minimum Gasteiger partial charge on any atom is -0.342 e. The number of amides is 2. The van der Waals surface area contributed by atoms with Crippen molar-refractivity contribution in [1.82, 2.24) is 4.90 Å². The summed E-state index contributed by atoms with van der Waals surface area (Å²) in [4.78, 5) is 26.7.